The number of fused-ring (bicyclic) bond motifs is 3. The zero-order valence-electron chi connectivity index (χ0n) is 12.2. The molecule has 2 saturated carbocycles. The van der Waals surface area contributed by atoms with Crippen molar-refractivity contribution in [1.82, 2.24) is 14.9 Å². The monoisotopic (exact) mass is 269 g/mol. The number of rotatable bonds is 4. The second-order valence-corrected chi connectivity index (χ2v) is 6.65. The van der Waals surface area contributed by atoms with Crippen LogP contribution in [-0.4, -0.2) is 16.6 Å². The van der Waals surface area contributed by atoms with Crippen LogP contribution in [0, 0.1) is 17.8 Å². The van der Waals surface area contributed by atoms with Crippen molar-refractivity contribution in [2.24, 2.45) is 17.8 Å². The highest BCUT2D eigenvalue weighted by atomic mass is 15.0. The number of nitrogens with zero attached hydrogens (tertiary/aromatic N) is 2. The van der Waals surface area contributed by atoms with E-state index in [0.717, 1.165) is 24.3 Å². The van der Waals surface area contributed by atoms with Gasteiger partial charge in [0.1, 0.15) is 5.65 Å². The van der Waals surface area contributed by atoms with Crippen LogP contribution < -0.4 is 5.32 Å². The van der Waals surface area contributed by atoms with Crippen LogP contribution in [0.4, 0.5) is 0 Å². The highest BCUT2D eigenvalue weighted by Gasteiger charge is 2.39. The molecule has 0 aromatic carbocycles. The van der Waals surface area contributed by atoms with Crippen molar-refractivity contribution in [3.8, 4) is 0 Å². The highest BCUT2D eigenvalue weighted by Crippen LogP contribution is 2.49. The summed E-state index contributed by atoms with van der Waals surface area (Å²) >= 11 is 0. The Morgan fingerprint density at radius 2 is 2.30 bits per heavy atom. The first-order valence-corrected chi connectivity index (χ1v) is 7.92. The molecule has 20 heavy (non-hydrogen) atoms. The van der Waals surface area contributed by atoms with Gasteiger partial charge in [0.25, 0.3) is 0 Å². The number of hydrogen-bond acceptors (Lipinski definition) is 2. The molecule has 3 unspecified atom stereocenters. The summed E-state index contributed by atoms with van der Waals surface area (Å²) in [5.41, 5.74) is 2.54. The normalized spacial score (nSPS) is 28.6. The molecule has 2 aromatic heterocycles. The van der Waals surface area contributed by atoms with Gasteiger partial charge in [-0.25, -0.2) is 4.98 Å². The molecule has 1 N–H and O–H groups in total. The Morgan fingerprint density at radius 3 is 3.05 bits per heavy atom. The minimum absolute atomic E-state index is 0.883. The van der Waals surface area contributed by atoms with Gasteiger partial charge in [0.15, 0.2) is 0 Å². The summed E-state index contributed by atoms with van der Waals surface area (Å²) in [6, 6.07) is 4.25. The lowest BCUT2D eigenvalue weighted by Gasteiger charge is -2.22. The molecular weight excluding hydrogens is 246 g/mol. The summed E-state index contributed by atoms with van der Waals surface area (Å²) in [6.07, 6.45) is 10.1. The van der Waals surface area contributed by atoms with Gasteiger partial charge in [-0.05, 0) is 61.8 Å². The lowest BCUT2D eigenvalue weighted by molar-refractivity contribution is 0.298. The van der Waals surface area contributed by atoms with Gasteiger partial charge in [0.2, 0.25) is 0 Å². The fraction of sp³-hybridized carbons (Fsp3) is 0.588. The molecule has 106 valence electrons. The first kappa shape index (κ1) is 12.4. The maximum Gasteiger partial charge on any atom is 0.140 e. The van der Waals surface area contributed by atoms with E-state index in [9.17, 15) is 0 Å². The van der Waals surface area contributed by atoms with E-state index in [4.69, 9.17) is 0 Å². The minimum Gasteiger partial charge on any atom is -0.332 e. The average Bonchev–Trinajstić information content (AvgIpc) is 3.15. The molecule has 2 aliphatic rings. The molecule has 0 spiro atoms. The maximum absolute atomic E-state index is 4.62. The van der Waals surface area contributed by atoms with Gasteiger partial charge in [-0.3, -0.25) is 0 Å². The van der Waals surface area contributed by atoms with Gasteiger partial charge in [-0.1, -0.05) is 6.42 Å². The van der Waals surface area contributed by atoms with Crippen molar-refractivity contribution in [3.63, 3.8) is 0 Å². The molecule has 3 nitrogen and oxygen atoms in total. The van der Waals surface area contributed by atoms with Gasteiger partial charge >= 0.3 is 0 Å². The van der Waals surface area contributed by atoms with Crippen molar-refractivity contribution in [2.45, 2.75) is 38.8 Å². The van der Waals surface area contributed by atoms with Crippen LogP contribution in [0.15, 0.2) is 24.5 Å². The van der Waals surface area contributed by atoms with E-state index in [1.54, 1.807) is 0 Å². The Bertz CT molecular complexity index is 616. The third-order valence-electron chi connectivity index (χ3n) is 5.40. The molecule has 0 aliphatic heterocycles. The van der Waals surface area contributed by atoms with Crippen LogP contribution >= 0.6 is 0 Å². The van der Waals surface area contributed by atoms with Crippen LogP contribution in [0.25, 0.3) is 11.0 Å². The first-order chi connectivity index (χ1) is 9.85. The molecule has 3 atom stereocenters. The zero-order chi connectivity index (χ0) is 13.5. The average molecular weight is 269 g/mol. The molecule has 2 heterocycles. The second kappa shape index (κ2) is 4.88. The van der Waals surface area contributed by atoms with Crippen LogP contribution in [0.2, 0.25) is 0 Å². The summed E-state index contributed by atoms with van der Waals surface area (Å²) in [5.74, 6) is 2.89. The van der Waals surface area contributed by atoms with Crippen molar-refractivity contribution < 1.29 is 0 Å². The van der Waals surface area contributed by atoms with Crippen LogP contribution in [-0.2, 0) is 13.1 Å². The van der Waals surface area contributed by atoms with Crippen LogP contribution in [0.3, 0.4) is 0 Å². The summed E-state index contributed by atoms with van der Waals surface area (Å²) in [4.78, 5) is 4.62. The Hall–Kier alpha value is -1.35. The lowest BCUT2D eigenvalue weighted by atomic mass is 9.89. The quantitative estimate of drug-likeness (QED) is 0.924. The molecule has 0 amide bonds. The number of aromatic nitrogens is 2. The summed E-state index contributed by atoms with van der Waals surface area (Å²) in [7, 11) is 2.01. The standard InChI is InChI=1S/C17H23N3/c1-18-9-15-11-20(17-16(15)3-2-6-19-17)10-14-8-12-4-5-13(14)7-12/h2-3,6,11-14,18H,4-5,7-10H2,1H3. The molecule has 3 heteroatoms. The minimum atomic E-state index is 0.883. The molecule has 2 bridgehead atoms. The second-order valence-electron chi connectivity index (χ2n) is 6.65. The van der Waals surface area contributed by atoms with Crippen molar-refractivity contribution in [1.29, 1.82) is 0 Å². The van der Waals surface area contributed by atoms with Gasteiger partial charge in [0, 0.05) is 30.9 Å². The van der Waals surface area contributed by atoms with Crippen molar-refractivity contribution in [2.75, 3.05) is 7.05 Å². The summed E-state index contributed by atoms with van der Waals surface area (Å²) < 4.78 is 2.41. The maximum atomic E-state index is 4.62. The summed E-state index contributed by atoms with van der Waals surface area (Å²) in [5, 5.41) is 4.58. The Balaban J connectivity index is 1.65. The molecule has 2 fully saturated rings. The molecule has 0 radical (unpaired) electrons. The Labute approximate surface area is 120 Å². The van der Waals surface area contributed by atoms with E-state index in [1.165, 1.54) is 48.8 Å². The highest BCUT2D eigenvalue weighted by molar-refractivity contribution is 5.80. The molecule has 4 rings (SSSR count). The number of pyridine rings is 1. The predicted octanol–water partition coefficient (Wildman–Crippen LogP) is 3.19. The smallest absolute Gasteiger partial charge is 0.140 e. The summed E-state index contributed by atoms with van der Waals surface area (Å²) in [6.45, 7) is 2.09. The fourth-order valence-corrected chi connectivity index (χ4v) is 4.52. The van der Waals surface area contributed by atoms with Crippen molar-refractivity contribution >= 4 is 11.0 Å². The third-order valence-corrected chi connectivity index (χ3v) is 5.40. The van der Waals surface area contributed by atoms with E-state index in [0.29, 0.717) is 0 Å². The molecule has 2 aromatic rings. The largest absolute Gasteiger partial charge is 0.332 e. The van der Waals surface area contributed by atoms with E-state index in [1.807, 2.05) is 19.3 Å². The van der Waals surface area contributed by atoms with E-state index >= 15 is 0 Å². The first-order valence-electron chi connectivity index (χ1n) is 7.92. The number of hydrogen-bond donors (Lipinski definition) is 1. The van der Waals surface area contributed by atoms with E-state index < -0.39 is 0 Å². The van der Waals surface area contributed by atoms with Gasteiger partial charge in [-0.15, -0.1) is 0 Å². The fourth-order valence-electron chi connectivity index (χ4n) is 4.52. The van der Waals surface area contributed by atoms with E-state index in [2.05, 4.69) is 27.1 Å². The zero-order valence-corrected chi connectivity index (χ0v) is 12.2. The van der Waals surface area contributed by atoms with Crippen LogP contribution in [0.1, 0.15) is 31.2 Å². The van der Waals surface area contributed by atoms with Crippen LogP contribution in [0.5, 0.6) is 0 Å². The molecule has 2 aliphatic carbocycles. The number of nitrogens with one attached hydrogen (secondary N) is 1. The molecular formula is C17H23N3. The van der Waals surface area contributed by atoms with Gasteiger partial charge in [0.05, 0.1) is 0 Å². The topological polar surface area (TPSA) is 29.9 Å². The Kier molecular flexibility index (Phi) is 3.03. The van der Waals surface area contributed by atoms with E-state index in [-0.39, 0.29) is 0 Å². The SMILES string of the molecule is CNCc1cn(CC2CC3CCC2C3)c2ncccc12. The van der Waals surface area contributed by atoms with Crippen molar-refractivity contribution in [3.05, 3.63) is 30.1 Å². The lowest BCUT2D eigenvalue weighted by Crippen LogP contribution is -2.17. The molecule has 0 saturated heterocycles. The Morgan fingerprint density at radius 1 is 1.35 bits per heavy atom. The predicted molar refractivity (Wildman–Crippen MR) is 81.4 cm³/mol. The van der Waals surface area contributed by atoms with Gasteiger partial charge < -0.3 is 9.88 Å². The third kappa shape index (κ3) is 1.96. The van der Waals surface area contributed by atoms with Gasteiger partial charge in [-0.2, -0.15) is 0 Å².